The Balaban J connectivity index is 1.65. The molecule has 144 valence electrons. The first kappa shape index (κ1) is 19.8. The van der Waals surface area contributed by atoms with Crippen molar-refractivity contribution in [2.24, 2.45) is 0 Å². The van der Waals surface area contributed by atoms with Gasteiger partial charge in [0.1, 0.15) is 29.8 Å². The van der Waals surface area contributed by atoms with Crippen molar-refractivity contribution in [3.05, 3.63) is 101 Å². The number of carbonyl (C=O) groups is 1. The number of amides is 1. The zero-order valence-electron chi connectivity index (χ0n) is 15.9. The molecule has 3 aromatic rings. The first-order chi connectivity index (χ1) is 14.0. The molecule has 1 N–H and O–H groups in total. The lowest BCUT2D eigenvalue weighted by Gasteiger charge is -2.08. The maximum atomic E-state index is 13.6. The van der Waals surface area contributed by atoms with E-state index in [-0.39, 0.29) is 18.0 Å². The van der Waals surface area contributed by atoms with Crippen molar-refractivity contribution in [2.45, 2.75) is 13.5 Å². The molecule has 0 aliphatic rings. The highest BCUT2D eigenvalue weighted by Gasteiger charge is 2.09. The summed E-state index contributed by atoms with van der Waals surface area (Å²) in [5.41, 5.74) is 2.84. The second-order valence-electron chi connectivity index (χ2n) is 6.44. The predicted octanol–water partition coefficient (Wildman–Crippen LogP) is 5.26. The Morgan fingerprint density at radius 2 is 1.76 bits per heavy atom. The van der Waals surface area contributed by atoms with E-state index in [9.17, 15) is 14.4 Å². The topological polar surface area (TPSA) is 62.1 Å². The van der Waals surface area contributed by atoms with Crippen LogP contribution in [0.2, 0.25) is 0 Å². The number of nitrogens with one attached hydrogen (secondary N) is 1. The average Bonchev–Trinajstić information content (AvgIpc) is 2.74. The lowest BCUT2D eigenvalue weighted by Crippen LogP contribution is -2.13. The van der Waals surface area contributed by atoms with Crippen molar-refractivity contribution in [1.82, 2.24) is 0 Å². The van der Waals surface area contributed by atoms with Gasteiger partial charge in [-0.3, -0.25) is 4.79 Å². The van der Waals surface area contributed by atoms with Crippen molar-refractivity contribution < 1.29 is 13.9 Å². The predicted molar refractivity (Wildman–Crippen MR) is 111 cm³/mol. The number of rotatable bonds is 6. The Bertz CT molecular complexity index is 1070. The largest absolute Gasteiger partial charge is 0.489 e. The number of halogens is 1. The van der Waals surface area contributed by atoms with Gasteiger partial charge < -0.3 is 10.1 Å². The van der Waals surface area contributed by atoms with E-state index in [1.54, 1.807) is 54.6 Å². The Morgan fingerprint density at radius 3 is 2.41 bits per heavy atom. The van der Waals surface area contributed by atoms with Gasteiger partial charge in [0, 0.05) is 11.3 Å². The zero-order chi connectivity index (χ0) is 20.6. The van der Waals surface area contributed by atoms with Crippen LogP contribution in [0.15, 0.2) is 78.4 Å². The SMILES string of the molecule is Cc1ccc(NC(=O)/C(C#N)=C/c2ccc(OCc3ccccc3F)cc2)cc1. The number of carbonyl (C=O) groups excluding carboxylic acids is 1. The summed E-state index contributed by atoms with van der Waals surface area (Å²) in [6, 6.07) is 22.6. The number of anilines is 1. The monoisotopic (exact) mass is 386 g/mol. The lowest BCUT2D eigenvalue weighted by molar-refractivity contribution is -0.112. The fourth-order valence-corrected chi connectivity index (χ4v) is 2.59. The summed E-state index contributed by atoms with van der Waals surface area (Å²) in [6.07, 6.45) is 1.50. The van der Waals surface area contributed by atoms with Gasteiger partial charge in [0.15, 0.2) is 0 Å². The first-order valence-electron chi connectivity index (χ1n) is 9.01. The van der Waals surface area contributed by atoms with E-state index in [1.165, 1.54) is 12.1 Å². The highest BCUT2D eigenvalue weighted by molar-refractivity contribution is 6.09. The Hall–Kier alpha value is -3.91. The van der Waals surface area contributed by atoms with E-state index in [0.717, 1.165) is 5.56 Å². The molecule has 0 radical (unpaired) electrons. The minimum atomic E-state index is -0.476. The molecular formula is C24H19FN2O2. The summed E-state index contributed by atoms with van der Waals surface area (Å²) >= 11 is 0. The molecule has 3 rings (SSSR count). The minimum absolute atomic E-state index is 0.00870. The van der Waals surface area contributed by atoms with Gasteiger partial charge >= 0.3 is 0 Å². The van der Waals surface area contributed by atoms with E-state index in [0.29, 0.717) is 22.6 Å². The maximum absolute atomic E-state index is 13.6. The standard InChI is InChI=1S/C24H19FN2O2/c1-17-6-10-21(11-7-17)27-24(28)20(15-26)14-18-8-12-22(13-9-18)29-16-19-4-2-3-5-23(19)25/h2-14H,16H2,1H3,(H,27,28)/b20-14+. The average molecular weight is 386 g/mol. The molecule has 3 aromatic carbocycles. The smallest absolute Gasteiger partial charge is 0.266 e. The van der Waals surface area contributed by atoms with Gasteiger partial charge in [-0.15, -0.1) is 0 Å². The molecule has 1 amide bonds. The van der Waals surface area contributed by atoms with Crippen LogP contribution in [-0.2, 0) is 11.4 Å². The maximum Gasteiger partial charge on any atom is 0.266 e. The number of hydrogen-bond acceptors (Lipinski definition) is 3. The Morgan fingerprint density at radius 1 is 1.07 bits per heavy atom. The van der Waals surface area contributed by atoms with E-state index in [1.807, 2.05) is 25.1 Å². The van der Waals surface area contributed by atoms with Crippen LogP contribution < -0.4 is 10.1 Å². The van der Waals surface area contributed by atoms with Crippen molar-refractivity contribution in [1.29, 1.82) is 5.26 Å². The molecule has 0 aliphatic heterocycles. The fraction of sp³-hybridized carbons (Fsp3) is 0.0833. The molecule has 0 aliphatic carbocycles. The van der Waals surface area contributed by atoms with Gasteiger partial charge in [0.05, 0.1) is 0 Å². The molecule has 0 heterocycles. The zero-order valence-corrected chi connectivity index (χ0v) is 15.9. The van der Waals surface area contributed by atoms with Crippen molar-refractivity contribution in [3.8, 4) is 11.8 Å². The molecular weight excluding hydrogens is 367 g/mol. The molecule has 0 spiro atoms. The molecule has 29 heavy (non-hydrogen) atoms. The molecule has 0 saturated carbocycles. The molecule has 0 aromatic heterocycles. The number of benzene rings is 3. The van der Waals surface area contributed by atoms with Crippen LogP contribution in [0, 0.1) is 24.1 Å². The van der Waals surface area contributed by atoms with E-state index < -0.39 is 5.91 Å². The number of aryl methyl sites for hydroxylation is 1. The summed E-state index contributed by atoms with van der Waals surface area (Å²) in [4.78, 5) is 12.3. The third-order valence-electron chi connectivity index (χ3n) is 4.22. The number of nitrogens with zero attached hydrogens (tertiary/aromatic N) is 1. The molecule has 0 unspecified atom stereocenters. The van der Waals surface area contributed by atoms with Crippen LogP contribution >= 0.6 is 0 Å². The summed E-state index contributed by atoms with van der Waals surface area (Å²) in [6.45, 7) is 2.07. The Kier molecular flexibility index (Phi) is 6.39. The second-order valence-corrected chi connectivity index (χ2v) is 6.44. The summed E-state index contributed by atoms with van der Waals surface area (Å²) in [5, 5.41) is 12.0. The minimum Gasteiger partial charge on any atom is -0.489 e. The van der Waals surface area contributed by atoms with Crippen LogP contribution in [-0.4, -0.2) is 5.91 Å². The molecule has 0 saturated heterocycles. The van der Waals surface area contributed by atoms with Crippen molar-refractivity contribution in [2.75, 3.05) is 5.32 Å². The fourth-order valence-electron chi connectivity index (χ4n) is 2.59. The van der Waals surface area contributed by atoms with Crippen LogP contribution in [0.4, 0.5) is 10.1 Å². The van der Waals surface area contributed by atoms with Gasteiger partial charge in [-0.1, -0.05) is 48.0 Å². The number of hydrogen-bond donors (Lipinski definition) is 1. The van der Waals surface area contributed by atoms with Crippen molar-refractivity contribution in [3.63, 3.8) is 0 Å². The van der Waals surface area contributed by atoms with Gasteiger partial charge in [-0.2, -0.15) is 5.26 Å². The van der Waals surface area contributed by atoms with Crippen molar-refractivity contribution >= 4 is 17.7 Å². The molecule has 0 bridgehead atoms. The van der Waals surface area contributed by atoms with Gasteiger partial charge in [0.25, 0.3) is 5.91 Å². The highest BCUT2D eigenvalue weighted by atomic mass is 19.1. The normalized spacial score (nSPS) is 10.9. The summed E-state index contributed by atoms with van der Waals surface area (Å²) in [7, 11) is 0. The van der Waals surface area contributed by atoms with Crippen LogP contribution in [0.3, 0.4) is 0 Å². The van der Waals surface area contributed by atoms with E-state index in [2.05, 4.69) is 5.32 Å². The lowest BCUT2D eigenvalue weighted by atomic mass is 10.1. The van der Waals surface area contributed by atoms with Crippen LogP contribution in [0.1, 0.15) is 16.7 Å². The van der Waals surface area contributed by atoms with E-state index >= 15 is 0 Å². The molecule has 0 fully saturated rings. The first-order valence-corrected chi connectivity index (χ1v) is 9.01. The second kappa shape index (κ2) is 9.34. The summed E-state index contributed by atoms with van der Waals surface area (Å²) < 4.78 is 19.2. The van der Waals surface area contributed by atoms with Crippen LogP contribution in [0.25, 0.3) is 6.08 Å². The molecule has 4 nitrogen and oxygen atoms in total. The third kappa shape index (κ3) is 5.53. The quantitative estimate of drug-likeness (QED) is 0.464. The molecule has 0 atom stereocenters. The van der Waals surface area contributed by atoms with Crippen LogP contribution in [0.5, 0.6) is 5.75 Å². The number of nitriles is 1. The third-order valence-corrected chi connectivity index (χ3v) is 4.22. The summed E-state index contributed by atoms with van der Waals surface area (Å²) in [5.74, 6) is -0.227. The van der Waals surface area contributed by atoms with Gasteiger partial charge in [0.2, 0.25) is 0 Å². The number of ether oxygens (including phenoxy) is 1. The Labute approximate surface area is 168 Å². The molecule has 5 heteroatoms. The van der Waals surface area contributed by atoms with Gasteiger partial charge in [-0.05, 0) is 48.9 Å². The van der Waals surface area contributed by atoms with Gasteiger partial charge in [-0.25, -0.2) is 4.39 Å². The highest BCUT2D eigenvalue weighted by Crippen LogP contribution is 2.18. The van der Waals surface area contributed by atoms with E-state index in [4.69, 9.17) is 4.74 Å².